The number of hydrogen-bond donors (Lipinski definition) is 1. The maximum absolute atomic E-state index is 11.8. The number of nitrogens with zero attached hydrogens (tertiary/aromatic N) is 1. The third-order valence-corrected chi connectivity index (χ3v) is 3.08. The summed E-state index contributed by atoms with van der Waals surface area (Å²) in [5.41, 5.74) is 1.63. The Morgan fingerprint density at radius 3 is 2.88 bits per heavy atom. The Hall–Kier alpha value is -1.34. The molecular formula is C12H13BrN2O. The van der Waals surface area contributed by atoms with Gasteiger partial charge >= 0.3 is 0 Å². The minimum absolute atomic E-state index is 0.124. The second-order valence-electron chi connectivity index (χ2n) is 3.70. The summed E-state index contributed by atoms with van der Waals surface area (Å²) < 4.78 is 0.981. The van der Waals surface area contributed by atoms with Gasteiger partial charge in [-0.15, -0.1) is 0 Å². The van der Waals surface area contributed by atoms with Gasteiger partial charge in [0.25, 0.3) is 5.91 Å². The van der Waals surface area contributed by atoms with E-state index in [1.807, 2.05) is 32.0 Å². The van der Waals surface area contributed by atoms with E-state index in [2.05, 4.69) is 21.2 Å². The maximum Gasteiger partial charge on any atom is 0.251 e. The Balaban J connectivity index is 2.74. The van der Waals surface area contributed by atoms with Gasteiger partial charge < -0.3 is 5.32 Å². The van der Waals surface area contributed by atoms with Crippen molar-refractivity contribution in [1.29, 1.82) is 5.26 Å². The highest BCUT2D eigenvalue weighted by atomic mass is 79.9. The van der Waals surface area contributed by atoms with Gasteiger partial charge in [-0.05, 0) is 37.6 Å². The quantitative estimate of drug-likeness (QED) is 0.926. The zero-order valence-corrected chi connectivity index (χ0v) is 10.8. The molecule has 1 aromatic carbocycles. The number of halogens is 1. The number of nitriles is 1. The van der Waals surface area contributed by atoms with Crippen molar-refractivity contribution in [1.82, 2.24) is 5.32 Å². The van der Waals surface area contributed by atoms with Crippen molar-refractivity contribution in [2.24, 2.45) is 0 Å². The standard InChI is InChI=1S/C12H13BrN2O/c1-8-7-10(3-4-11(8)13)12(16)15-9(2)5-6-14/h3-4,7,9H,5H2,1-2H3,(H,15,16). The third kappa shape index (κ3) is 3.35. The van der Waals surface area contributed by atoms with E-state index in [4.69, 9.17) is 5.26 Å². The van der Waals surface area contributed by atoms with E-state index >= 15 is 0 Å². The summed E-state index contributed by atoms with van der Waals surface area (Å²) in [7, 11) is 0. The van der Waals surface area contributed by atoms with Crippen molar-refractivity contribution >= 4 is 21.8 Å². The first kappa shape index (κ1) is 12.7. The summed E-state index contributed by atoms with van der Waals surface area (Å²) in [6.45, 7) is 3.74. The van der Waals surface area contributed by atoms with Crippen LogP contribution in [-0.2, 0) is 0 Å². The smallest absolute Gasteiger partial charge is 0.251 e. The first-order valence-electron chi connectivity index (χ1n) is 4.98. The van der Waals surface area contributed by atoms with Crippen molar-refractivity contribution in [3.05, 3.63) is 33.8 Å². The Morgan fingerprint density at radius 1 is 1.62 bits per heavy atom. The van der Waals surface area contributed by atoms with E-state index in [9.17, 15) is 4.79 Å². The molecule has 3 nitrogen and oxygen atoms in total. The average Bonchev–Trinajstić information content (AvgIpc) is 2.22. The van der Waals surface area contributed by atoms with E-state index in [-0.39, 0.29) is 11.9 Å². The molecule has 0 saturated carbocycles. The van der Waals surface area contributed by atoms with Crippen molar-refractivity contribution in [2.45, 2.75) is 26.3 Å². The van der Waals surface area contributed by atoms with Gasteiger partial charge in [0.1, 0.15) is 0 Å². The summed E-state index contributed by atoms with van der Waals surface area (Å²) in [4.78, 5) is 11.8. The summed E-state index contributed by atoms with van der Waals surface area (Å²) in [5, 5.41) is 11.3. The zero-order valence-electron chi connectivity index (χ0n) is 9.25. The van der Waals surface area contributed by atoms with E-state index in [0.717, 1.165) is 10.0 Å². The molecule has 1 atom stereocenters. The van der Waals surface area contributed by atoms with Crippen LogP contribution in [-0.4, -0.2) is 11.9 Å². The van der Waals surface area contributed by atoms with Crippen LogP contribution >= 0.6 is 15.9 Å². The average molecular weight is 281 g/mol. The van der Waals surface area contributed by atoms with Crippen molar-refractivity contribution < 1.29 is 4.79 Å². The van der Waals surface area contributed by atoms with Gasteiger partial charge in [0.15, 0.2) is 0 Å². The molecule has 1 N–H and O–H groups in total. The minimum atomic E-state index is -0.140. The SMILES string of the molecule is Cc1cc(C(=O)NC(C)CC#N)ccc1Br. The Morgan fingerprint density at radius 2 is 2.31 bits per heavy atom. The molecule has 0 aliphatic rings. The molecule has 0 saturated heterocycles. The van der Waals surface area contributed by atoms with Gasteiger partial charge in [0.2, 0.25) is 0 Å². The van der Waals surface area contributed by atoms with Crippen LogP contribution in [0.5, 0.6) is 0 Å². The summed E-state index contributed by atoms with van der Waals surface area (Å²) >= 11 is 3.38. The first-order valence-corrected chi connectivity index (χ1v) is 5.78. The number of nitrogens with one attached hydrogen (secondary N) is 1. The normalized spacial score (nSPS) is 11.6. The lowest BCUT2D eigenvalue weighted by atomic mass is 10.1. The van der Waals surface area contributed by atoms with E-state index < -0.39 is 0 Å². The van der Waals surface area contributed by atoms with Crippen molar-refractivity contribution in [2.75, 3.05) is 0 Å². The Bertz CT molecular complexity index is 437. The maximum atomic E-state index is 11.8. The van der Waals surface area contributed by atoms with E-state index in [1.54, 1.807) is 6.07 Å². The van der Waals surface area contributed by atoms with Crippen molar-refractivity contribution in [3.63, 3.8) is 0 Å². The molecule has 0 radical (unpaired) electrons. The number of benzene rings is 1. The van der Waals surface area contributed by atoms with Gasteiger partial charge in [-0.25, -0.2) is 0 Å². The molecule has 1 amide bonds. The molecule has 1 unspecified atom stereocenters. The monoisotopic (exact) mass is 280 g/mol. The molecule has 4 heteroatoms. The highest BCUT2D eigenvalue weighted by molar-refractivity contribution is 9.10. The lowest BCUT2D eigenvalue weighted by Crippen LogP contribution is -2.32. The van der Waals surface area contributed by atoms with Crippen LogP contribution in [0.1, 0.15) is 29.3 Å². The predicted octanol–water partition coefficient (Wildman–Crippen LogP) is 2.79. The number of rotatable bonds is 3. The van der Waals surface area contributed by atoms with Gasteiger partial charge in [-0.3, -0.25) is 4.79 Å². The minimum Gasteiger partial charge on any atom is -0.349 e. The highest BCUT2D eigenvalue weighted by Crippen LogP contribution is 2.17. The van der Waals surface area contributed by atoms with Gasteiger partial charge in [0, 0.05) is 16.1 Å². The van der Waals surface area contributed by atoms with E-state index in [1.165, 1.54) is 0 Å². The topological polar surface area (TPSA) is 52.9 Å². The molecule has 0 spiro atoms. The number of carbonyl (C=O) groups excluding carboxylic acids is 1. The molecule has 0 fully saturated rings. The highest BCUT2D eigenvalue weighted by Gasteiger charge is 2.10. The molecule has 1 aromatic rings. The third-order valence-electron chi connectivity index (χ3n) is 2.20. The largest absolute Gasteiger partial charge is 0.349 e. The van der Waals surface area contributed by atoms with E-state index in [0.29, 0.717) is 12.0 Å². The Labute approximate surface area is 104 Å². The summed E-state index contributed by atoms with van der Waals surface area (Å²) in [5.74, 6) is -0.140. The summed E-state index contributed by atoms with van der Waals surface area (Å²) in [6, 6.07) is 7.32. The second-order valence-corrected chi connectivity index (χ2v) is 4.56. The van der Waals surface area contributed by atoms with Crippen LogP contribution < -0.4 is 5.32 Å². The fourth-order valence-corrected chi connectivity index (χ4v) is 1.53. The molecule has 0 heterocycles. The number of hydrogen-bond acceptors (Lipinski definition) is 2. The predicted molar refractivity (Wildman–Crippen MR) is 66.0 cm³/mol. The van der Waals surface area contributed by atoms with Crippen LogP contribution in [0.3, 0.4) is 0 Å². The zero-order chi connectivity index (χ0) is 12.1. The molecule has 0 aliphatic carbocycles. The molecule has 1 rings (SSSR count). The van der Waals surface area contributed by atoms with Gasteiger partial charge in [-0.2, -0.15) is 5.26 Å². The molecule has 0 aliphatic heterocycles. The molecule has 84 valence electrons. The number of carbonyl (C=O) groups is 1. The summed E-state index contributed by atoms with van der Waals surface area (Å²) in [6.07, 6.45) is 0.321. The first-order chi connectivity index (χ1) is 7.54. The van der Waals surface area contributed by atoms with Crippen LogP contribution in [0.2, 0.25) is 0 Å². The van der Waals surface area contributed by atoms with Crippen LogP contribution in [0.4, 0.5) is 0 Å². The van der Waals surface area contributed by atoms with Crippen LogP contribution in [0.15, 0.2) is 22.7 Å². The fraction of sp³-hybridized carbons (Fsp3) is 0.333. The molecule has 0 bridgehead atoms. The molecule has 0 aromatic heterocycles. The van der Waals surface area contributed by atoms with Gasteiger partial charge in [0.05, 0.1) is 12.5 Å². The lowest BCUT2D eigenvalue weighted by molar-refractivity contribution is 0.0940. The molecule has 16 heavy (non-hydrogen) atoms. The molecular weight excluding hydrogens is 268 g/mol. The van der Waals surface area contributed by atoms with Crippen molar-refractivity contribution in [3.8, 4) is 6.07 Å². The Kier molecular flexibility index (Phi) is 4.51. The fourth-order valence-electron chi connectivity index (χ4n) is 1.28. The number of aryl methyl sites for hydroxylation is 1. The second kappa shape index (κ2) is 5.66. The van der Waals surface area contributed by atoms with Crippen LogP contribution in [0, 0.1) is 18.3 Å². The van der Waals surface area contributed by atoms with Gasteiger partial charge in [-0.1, -0.05) is 15.9 Å². The number of amides is 1. The van der Waals surface area contributed by atoms with Crippen LogP contribution in [0.25, 0.3) is 0 Å². The lowest BCUT2D eigenvalue weighted by Gasteiger charge is -2.10.